The topological polar surface area (TPSA) is 59.4 Å². The Labute approximate surface area is 145 Å². The van der Waals surface area contributed by atoms with E-state index >= 15 is 0 Å². The van der Waals surface area contributed by atoms with E-state index in [1.165, 1.54) is 63.0 Å². The summed E-state index contributed by atoms with van der Waals surface area (Å²) in [6.07, 6.45) is 12.2. The van der Waals surface area contributed by atoms with Crippen molar-refractivity contribution < 1.29 is 0 Å². The third-order valence-electron chi connectivity index (χ3n) is 6.32. The standard InChI is InChI=1S/C19H31N5/c1-3-4-5-6-9-24-18(15-11-13-7-8-14(15)10-13)22-17(20)16-19(24)23(2)12-21-16/h12-15,17H,3-11,20H2,1-2H3. The van der Waals surface area contributed by atoms with Crippen molar-refractivity contribution in [2.24, 2.45) is 35.5 Å². The highest BCUT2D eigenvalue weighted by atomic mass is 15.3. The van der Waals surface area contributed by atoms with E-state index in [0.717, 1.165) is 24.1 Å². The number of rotatable bonds is 6. The molecule has 0 aromatic carbocycles. The molecule has 5 heteroatoms. The van der Waals surface area contributed by atoms with E-state index in [1.807, 2.05) is 6.33 Å². The van der Waals surface area contributed by atoms with Crippen LogP contribution in [0.3, 0.4) is 0 Å². The van der Waals surface area contributed by atoms with Crippen LogP contribution in [-0.4, -0.2) is 21.9 Å². The van der Waals surface area contributed by atoms with Crippen molar-refractivity contribution in [1.82, 2.24) is 9.55 Å². The predicted octanol–water partition coefficient (Wildman–Crippen LogP) is 3.61. The van der Waals surface area contributed by atoms with Gasteiger partial charge in [0, 0.05) is 19.5 Å². The number of amidine groups is 1. The highest BCUT2D eigenvalue weighted by Crippen LogP contribution is 2.50. The summed E-state index contributed by atoms with van der Waals surface area (Å²) in [5.74, 6) is 4.82. The number of hydrogen-bond acceptors (Lipinski definition) is 4. The first-order chi connectivity index (χ1) is 11.7. The van der Waals surface area contributed by atoms with Crippen molar-refractivity contribution in [2.75, 3.05) is 11.4 Å². The third-order valence-corrected chi connectivity index (χ3v) is 6.32. The molecule has 5 nitrogen and oxygen atoms in total. The Morgan fingerprint density at radius 1 is 1.21 bits per heavy atom. The lowest BCUT2D eigenvalue weighted by atomic mass is 9.86. The fourth-order valence-corrected chi connectivity index (χ4v) is 5.14. The van der Waals surface area contributed by atoms with Crippen LogP contribution in [0.4, 0.5) is 5.82 Å². The largest absolute Gasteiger partial charge is 0.320 e. The summed E-state index contributed by atoms with van der Waals surface area (Å²) in [6.45, 7) is 3.31. The van der Waals surface area contributed by atoms with Crippen molar-refractivity contribution >= 4 is 11.7 Å². The monoisotopic (exact) mass is 329 g/mol. The van der Waals surface area contributed by atoms with Crippen LogP contribution in [0.5, 0.6) is 0 Å². The molecule has 24 heavy (non-hydrogen) atoms. The van der Waals surface area contributed by atoms with E-state index in [0.29, 0.717) is 5.92 Å². The van der Waals surface area contributed by atoms with Crippen LogP contribution in [0.15, 0.2) is 11.3 Å². The van der Waals surface area contributed by atoms with Gasteiger partial charge in [-0.3, -0.25) is 0 Å². The van der Waals surface area contributed by atoms with Crippen molar-refractivity contribution in [3.8, 4) is 0 Å². The Morgan fingerprint density at radius 2 is 2.08 bits per heavy atom. The van der Waals surface area contributed by atoms with E-state index in [1.54, 1.807) is 0 Å². The fraction of sp³-hybridized carbons (Fsp3) is 0.789. The van der Waals surface area contributed by atoms with Gasteiger partial charge in [-0.1, -0.05) is 32.6 Å². The molecule has 0 amide bonds. The Bertz CT molecular complexity index is 619. The first-order valence-electron chi connectivity index (χ1n) is 9.81. The average Bonchev–Trinajstić information content (AvgIpc) is 3.29. The minimum absolute atomic E-state index is 0.290. The summed E-state index contributed by atoms with van der Waals surface area (Å²) < 4.78 is 2.14. The molecule has 2 fully saturated rings. The molecule has 2 bridgehead atoms. The van der Waals surface area contributed by atoms with Gasteiger partial charge in [0.2, 0.25) is 0 Å². The van der Waals surface area contributed by atoms with Crippen LogP contribution in [0.1, 0.15) is 70.2 Å². The molecule has 1 aliphatic heterocycles. The molecule has 1 aromatic heterocycles. The molecule has 3 aliphatic rings. The molecule has 0 spiro atoms. The van der Waals surface area contributed by atoms with Crippen molar-refractivity contribution in [3.63, 3.8) is 0 Å². The zero-order valence-electron chi connectivity index (χ0n) is 15.1. The number of aryl methyl sites for hydroxylation is 1. The number of anilines is 1. The fourth-order valence-electron chi connectivity index (χ4n) is 5.14. The van der Waals surface area contributed by atoms with Crippen molar-refractivity contribution in [2.45, 2.75) is 64.5 Å². The Hall–Kier alpha value is -1.36. The molecule has 2 N–H and O–H groups in total. The highest BCUT2D eigenvalue weighted by molar-refractivity contribution is 6.01. The maximum Gasteiger partial charge on any atom is 0.145 e. The summed E-state index contributed by atoms with van der Waals surface area (Å²) in [4.78, 5) is 12.0. The molecule has 2 aliphatic carbocycles. The predicted molar refractivity (Wildman–Crippen MR) is 98.0 cm³/mol. The number of hydrogen-bond donors (Lipinski definition) is 1. The van der Waals surface area contributed by atoms with Crippen LogP contribution in [0, 0.1) is 17.8 Å². The lowest BCUT2D eigenvalue weighted by Crippen LogP contribution is -2.44. The molecular formula is C19H31N5. The summed E-state index contributed by atoms with van der Waals surface area (Å²) in [6, 6.07) is 0. The molecule has 0 radical (unpaired) electrons. The van der Waals surface area contributed by atoms with E-state index in [2.05, 4.69) is 28.4 Å². The SMILES string of the molecule is CCCCCCN1C(C2CC3CCC2C3)=NC(N)c2ncn(C)c21. The second-order valence-electron chi connectivity index (χ2n) is 7.99. The molecule has 4 atom stereocenters. The second-order valence-corrected chi connectivity index (χ2v) is 7.99. The van der Waals surface area contributed by atoms with Gasteiger partial charge >= 0.3 is 0 Å². The van der Waals surface area contributed by atoms with Crippen molar-refractivity contribution in [1.29, 1.82) is 0 Å². The Balaban J connectivity index is 1.61. The molecular weight excluding hydrogens is 298 g/mol. The van der Waals surface area contributed by atoms with Crippen LogP contribution >= 0.6 is 0 Å². The number of unbranched alkanes of at least 4 members (excludes halogenated alkanes) is 3. The van der Waals surface area contributed by atoms with Gasteiger partial charge in [-0.05, 0) is 37.5 Å². The molecule has 132 valence electrons. The molecule has 4 unspecified atom stereocenters. The van der Waals surface area contributed by atoms with E-state index < -0.39 is 0 Å². The van der Waals surface area contributed by atoms with E-state index in [4.69, 9.17) is 10.7 Å². The number of nitrogens with two attached hydrogens (primary N) is 1. The summed E-state index contributed by atoms with van der Waals surface area (Å²) >= 11 is 0. The Kier molecular flexibility index (Phi) is 4.37. The minimum atomic E-state index is -0.290. The second kappa shape index (κ2) is 6.51. The summed E-state index contributed by atoms with van der Waals surface area (Å²) in [5.41, 5.74) is 7.31. The summed E-state index contributed by atoms with van der Waals surface area (Å²) in [7, 11) is 2.08. The van der Waals surface area contributed by atoms with Gasteiger partial charge in [-0.15, -0.1) is 0 Å². The maximum absolute atomic E-state index is 6.36. The van der Waals surface area contributed by atoms with Gasteiger partial charge in [-0.25, -0.2) is 9.98 Å². The number of aromatic nitrogens is 2. The van der Waals surface area contributed by atoms with Gasteiger partial charge in [-0.2, -0.15) is 0 Å². The molecule has 4 rings (SSSR count). The van der Waals surface area contributed by atoms with E-state index in [9.17, 15) is 0 Å². The molecule has 2 saturated carbocycles. The summed E-state index contributed by atoms with van der Waals surface area (Å²) in [5, 5.41) is 0. The smallest absolute Gasteiger partial charge is 0.145 e. The third kappa shape index (κ3) is 2.67. The molecule has 0 saturated heterocycles. The quantitative estimate of drug-likeness (QED) is 0.811. The number of imidazole rings is 1. The first kappa shape index (κ1) is 16.1. The number of aliphatic imine (C=N–C) groups is 1. The van der Waals surface area contributed by atoms with Crippen LogP contribution in [0.25, 0.3) is 0 Å². The normalized spacial score (nSPS) is 31.5. The van der Waals surface area contributed by atoms with Crippen LogP contribution < -0.4 is 10.6 Å². The van der Waals surface area contributed by atoms with Gasteiger partial charge in [0.1, 0.15) is 23.5 Å². The van der Waals surface area contributed by atoms with Gasteiger partial charge in [0.05, 0.1) is 6.33 Å². The lowest BCUT2D eigenvalue weighted by molar-refractivity contribution is 0.407. The minimum Gasteiger partial charge on any atom is -0.320 e. The number of fused-ring (bicyclic) bond motifs is 3. The maximum atomic E-state index is 6.36. The van der Waals surface area contributed by atoms with E-state index in [-0.39, 0.29) is 6.17 Å². The Morgan fingerprint density at radius 3 is 2.79 bits per heavy atom. The zero-order chi connectivity index (χ0) is 16.7. The average molecular weight is 329 g/mol. The van der Waals surface area contributed by atoms with Gasteiger partial charge in [0.15, 0.2) is 0 Å². The number of nitrogens with zero attached hydrogens (tertiary/aromatic N) is 4. The van der Waals surface area contributed by atoms with Crippen LogP contribution in [0.2, 0.25) is 0 Å². The van der Waals surface area contributed by atoms with Gasteiger partial charge < -0.3 is 15.2 Å². The lowest BCUT2D eigenvalue weighted by Gasteiger charge is -2.37. The zero-order valence-corrected chi connectivity index (χ0v) is 15.1. The first-order valence-corrected chi connectivity index (χ1v) is 9.81. The molecule has 2 heterocycles. The van der Waals surface area contributed by atoms with Crippen LogP contribution in [-0.2, 0) is 7.05 Å². The van der Waals surface area contributed by atoms with Gasteiger partial charge in [0.25, 0.3) is 0 Å². The van der Waals surface area contributed by atoms with Crippen molar-refractivity contribution in [3.05, 3.63) is 12.0 Å². The highest BCUT2D eigenvalue weighted by Gasteiger charge is 2.45. The molecule has 1 aromatic rings.